The van der Waals surface area contributed by atoms with E-state index in [0.717, 1.165) is 38.9 Å². The van der Waals surface area contributed by atoms with Gasteiger partial charge in [0.15, 0.2) is 0 Å². The summed E-state index contributed by atoms with van der Waals surface area (Å²) in [6.07, 6.45) is 5.32. The maximum Gasteiger partial charge on any atom is 0.107 e. The largest absolute Gasteiger partial charge is 0.330 e. The normalized spacial score (nSPS) is 12.0. The van der Waals surface area contributed by atoms with Gasteiger partial charge in [-0.15, -0.1) is 11.3 Å². The van der Waals surface area contributed by atoms with Crippen molar-refractivity contribution in [3.05, 3.63) is 16.1 Å². The number of aryl methyl sites for hydroxylation is 1. The zero-order valence-electron chi connectivity index (χ0n) is 11.3. The van der Waals surface area contributed by atoms with Crippen LogP contribution in [0.1, 0.15) is 43.5 Å². The number of rotatable bonds is 8. The number of nitrogens with zero attached hydrogens (tertiary/aromatic N) is 1. The fourth-order valence-electron chi connectivity index (χ4n) is 1.89. The van der Waals surface area contributed by atoms with Crippen LogP contribution in [0, 0.1) is 5.41 Å². The third kappa shape index (κ3) is 4.05. The van der Waals surface area contributed by atoms with Gasteiger partial charge in [-0.1, -0.05) is 20.8 Å². The van der Waals surface area contributed by atoms with Crippen molar-refractivity contribution in [3.63, 3.8) is 0 Å². The summed E-state index contributed by atoms with van der Waals surface area (Å²) in [6, 6.07) is 0. The molecule has 1 rings (SSSR count). The topological polar surface area (TPSA) is 50.9 Å². The molecule has 0 radical (unpaired) electrons. The quantitative estimate of drug-likeness (QED) is 0.750. The molecule has 0 amide bonds. The van der Waals surface area contributed by atoms with Crippen LogP contribution >= 0.6 is 11.3 Å². The molecule has 0 spiro atoms. The van der Waals surface area contributed by atoms with Crippen molar-refractivity contribution >= 4 is 11.3 Å². The first-order chi connectivity index (χ1) is 8.19. The number of hydrogen-bond acceptors (Lipinski definition) is 4. The fourth-order valence-corrected chi connectivity index (χ4v) is 2.72. The third-order valence-corrected chi connectivity index (χ3v) is 4.80. The molecule has 0 unspecified atom stereocenters. The summed E-state index contributed by atoms with van der Waals surface area (Å²) in [7, 11) is 0. The van der Waals surface area contributed by atoms with Crippen molar-refractivity contribution in [3.8, 4) is 0 Å². The summed E-state index contributed by atoms with van der Waals surface area (Å²) in [5, 5.41) is 4.68. The molecule has 0 aliphatic carbocycles. The second-order valence-electron chi connectivity index (χ2n) is 4.59. The summed E-state index contributed by atoms with van der Waals surface area (Å²) < 4.78 is 0. The molecule has 0 aliphatic rings. The first kappa shape index (κ1) is 14.6. The van der Waals surface area contributed by atoms with E-state index in [1.165, 1.54) is 9.88 Å². The van der Waals surface area contributed by atoms with Crippen molar-refractivity contribution in [1.29, 1.82) is 0 Å². The van der Waals surface area contributed by atoms with E-state index < -0.39 is 0 Å². The zero-order valence-corrected chi connectivity index (χ0v) is 12.1. The van der Waals surface area contributed by atoms with Gasteiger partial charge in [0.1, 0.15) is 5.01 Å². The lowest BCUT2D eigenvalue weighted by Gasteiger charge is -2.30. The van der Waals surface area contributed by atoms with Crippen molar-refractivity contribution in [1.82, 2.24) is 10.3 Å². The minimum Gasteiger partial charge on any atom is -0.330 e. The van der Waals surface area contributed by atoms with E-state index in [4.69, 9.17) is 5.73 Å². The average Bonchev–Trinajstić information content (AvgIpc) is 2.83. The van der Waals surface area contributed by atoms with Crippen LogP contribution in [0.5, 0.6) is 0 Å². The van der Waals surface area contributed by atoms with Crippen LogP contribution in [0.2, 0.25) is 0 Å². The predicted molar refractivity (Wildman–Crippen MR) is 75.3 cm³/mol. The van der Waals surface area contributed by atoms with E-state index in [1.54, 1.807) is 11.3 Å². The molecule has 1 aromatic heterocycles. The van der Waals surface area contributed by atoms with Crippen LogP contribution in [0.4, 0.5) is 0 Å². The van der Waals surface area contributed by atoms with Crippen LogP contribution in [-0.4, -0.2) is 18.1 Å². The minimum atomic E-state index is 0.255. The molecule has 3 nitrogen and oxygen atoms in total. The highest BCUT2D eigenvalue weighted by Gasteiger charge is 2.23. The molecule has 1 aromatic rings. The second kappa shape index (κ2) is 7.09. The van der Waals surface area contributed by atoms with E-state index in [1.807, 2.05) is 6.20 Å². The van der Waals surface area contributed by atoms with Gasteiger partial charge in [-0.05, 0) is 31.2 Å². The molecule has 4 heteroatoms. The summed E-state index contributed by atoms with van der Waals surface area (Å²) in [6.45, 7) is 9.21. The lowest BCUT2D eigenvalue weighted by atomic mass is 9.82. The Bertz CT molecular complexity index is 310. The first-order valence-electron chi connectivity index (χ1n) is 6.54. The van der Waals surface area contributed by atoms with Crippen molar-refractivity contribution in [2.75, 3.05) is 13.1 Å². The van der Waals surface area contributed by atoms with Gasteiger partial charge in [0.25, 0.3) is 0 Å². The molecular formula is C13H25N3S. The van der Waals surface area contributed by atoms with Crippen molar-refractivity contribution < 1.29 is 0 Å². The van der Waals surface area contributed by atoms with Crippen molar-refractivity contribution in [2.45, 2.75) is 46.6 Å². The van der Waals surface area contributed by atoms with Gasteiger partial charge in [0.05, 0.1) is 0 Å². The van der Waals surface area contributed by atoms with E-state index in [0.29, 0.717) is 0 Å². The standard InChI is InChI=1S/C13H25N3S/c1-4-11-7-16-12(17-11)8-15-10-13(5-2,6-3)9-14/h7,15H,4-6,8-10,14H2,1-3H3. The molecule has 0 atom stereocenters. The molecule has 0 fully saturated rings. The van der Waals surface area contributed by atoms with Gasteiger partial charge in [-0.2, -0.15) is 0 Å². The van der Waals surface area contributed by atoms with Crippen LogP contribution < -0.4 is 11.1 Å². The van der Waals surface area contributed by atoms with E-state index >= 15 is 0 Å². The molecule has 0 aromatic carbocycles. The van der Waals surface area contributed by atoms with Crippen LogP contribution in [0.15, 0.2) is 6.20 Å². The molecule has 1 heterocycles. The summed E-state index contributed by atoms with van der Waals surface area (Å²) in [5.41, 5.74) is 6.14. The molecule has 0 aliphatic heterocycles. The smallest absolute Gasteiger partial charge is 0.107 e. The highest BCUT2D eigenvalue weighted by Crippen LogP contribution is 2.23. The maximum absolute atomic E-state index is 5.88. The van der Waals surface area contributed by atoms with Gasteiger partial charge in [0, 0.05) is 24.2 Å². The number of nitrogens with two attached hydrogens (primary N) is 1. The molecule has 98 valence electrons. The molecular weight excluding hydrogens is 230 g/mol. The molecule has 0 bridgehead atoms. The van der Waals surface area contributed by atoms with Gasteiger partial charge >= 0.3 is 0 Å². The Balaban J connectivity index is 2.40. The Kier molecular flexibility index (Phi) is 6.09. The Labute approximate surface area is 109 Å². The monoisotopic (exact) mass is 255 g/mol. The van der Waals surface area contributed by atoms with Crippen LogP contribution in [-0.2, 0) is 13.0 Å². The Hall–Kier alpha value is -0.450. The Morgan fingerprint density at radius 3 is 2.53 bits per heavy atom. The summed E-state index contributed by atoms with van der Waals surface area (Å²) in [4.78, 5) is 5.77. The lowest BCUT2D eigenvalue weighted by molar-refractivity contribution is 0.258. The highest BCUT2D eigenvalue weighted by atomic mass is 32.1. The van der Waals surface area contributed by atoms with Gasteiger partial charge in [-0.3, -0.25) is 0 Å². The minimum absolute atomic E-state index is 0.255. The Morgan fingerprint density at radius 2 is 2.06 bits per heavy atom. The lowest BCUT2D eigenvalue weighted by Crippen LogP contribution is -2.39. The zero-order chi connectivity index (χ0) is 12.7. The SMILES string of the molecule is CCc1cnc(CNCC(CC)(CC)CN)s1. The van der Waals surface area contributed by atoms with Crippen molar-refractivity contribution in [2.24, 2.45) is 11.1 Å². The van der Waals surface area contributed by atoms with E-state index in [2.05, 4.69) is 31.1 Å². The summed E-state index contributed by atoms with van der Waals surface area (Å²) >= 11 is 1.80. The van der Waals surface area contributed by atoms with Gasteiger partial charge < -0.3 is 11.1 Å². The van der Waals surface area contributed by atoms with Gasteiger partial charge in [0.2, 0.25) is 0 Å². The second-order valence-corrected chi connectivity index (χ2v) is 5.79. The number of nitrogens with one attached hydrogen (secondary N) is 1. The number of hydrogen-bond donors (Lipinski definition) is 2. The number of aromatic nitrogens is 1. The summed E-state index contributed by atoms with van der Waals surface area (Å²) in [5.74, 6) is 0. The molecule has 3 N–H and O–H groups in total. The first-order valence-corrected chi connectivity index (χ1v) is 7.35. The maximum atomic E-state index is 5.88. The van der Waals surface area contributed by atoms with Crippen LogP contribution in [0.3, 0.4) is 0 Å². The fraction of sp³-hybridized carbons (Fsp3) is 0.769. The molecule has 0 saturated heterocycles. The third-order valence-electron chi connectivity index (χ3n) is 3.66. The van der Waals surface area contributed by atoms with Crippen LogP contribution in [0.25, 0.3) is 0 Å². The average molecular weight is 255 g/mol. The highest BCUT2D eigenvalue weighted by molar-refractivity contribution is 7.11. The molecule has 17 heavy (non-hydrogen) atoms. The predicted octanol–water partition coefficient (Wildman–Crippen LogP) is 2.56. The Morgan fingerprint density at radius 1 is 1.35 bits per heavy atom. The number of thiazole rings is 1. The van der Waals surface area contributed by atoms with Gasteiger partial charge in [-0.25, -0.2) is 4.98 Å². The molecule has 0 saturated carbocycles. The van der Waals surface area contributed by atoms with E-state index in [-0.39, 0.29) is 5.41 Å². The van der Waals surface area contributed by atoms with E-state index in [9.17, 15) is 0 Å².